The summed E-state index contributed by atoms with van der Waals surface area (Å²) in [5, 5.41) is 7.02. The standard InChI is InChI=1S/C20H17ClN6O5S/c1-12(24-19-14-4-2-3-5-17(14)33(30,31)26-19)20(29)32-9-18(28)25-15-8-13(21)6-7-16(15)27-11-22-10-23-27/h2-8,10-12H,9H2,1H3,(H,24,26)(H,25,28). The zero-order valence-corrected chi connectivity index (χ0v) is 18.7. The van der Waals surface area contributed by atoms with Crippen molar-refractivity contribution in [1.29, 1.82) is 0 Å². The minimum atomic E-state index is -3.73. The molecule has 0 bridgehead atoms. The lowest BCUT2D eigenvalue weighted by Gasteiger charge is -2.12. The van der Waals surface area contributed by atoms with Gasteiger partial charge in [-0.05, 0) is 37.3 Å². The Balaban J connectivity index is 1.40. The Bertz CT molecular complexity index is 1360. The molecular formula is C20H17ClN6O5S. The lowest BCUT2D eigenvalue weighted by atomic mass is 10.2. The molecule has 1 aliphatic heterocycles. The fourth-order valence-electron chi connectivity index (χ4n) is 3.06. The van der Waals surface area contributed by atoms with Crippen LogP contribution in [0.5, 0.6) is 0 Å². The molecule has 0 aliphatic carbocycles. The lowest BCUT2D eigenvalue weighted by Crippen LogP contribution is -2.29. The van der Waals surface area contributed by atoms with E-state index in [0.29, 0.717) is 22.0 Å². The monoisotopic (exact) mass is 488 g/mol. The van der Waals surface area contributed by atoms with Gasteiger partial charge in [0.2, 0.25) is 0 Å². The van der Waals surface area contributed by atoms with Crippen molar-refractivity contribution in [2.24, 2.45) is 4.99 Å². The first-order chi connectivity index (χ1) is 15.7. The van der Waals surface area contributed by atoms with Gasteiger partial charge in [-0.15, -0.1) is 0 Å². The van der Waals surface area contributed by atoms with Crippen molar-refractivity contribution in [2.45, 2.75) is 17.9 Å². The van der Waals surface area contributed by atoms with E-state index in [1.165, 1.54) is 36.4 Å². The second-order valence-electron chi connectivity index (χ2n) is 6.91. The minimum Gasteiger partial charge on any atom is -0.454 e. The number of amidine groups is 1. The van der Waals surface area contributed by atoms with E-state index in [0.717, 1.165) is 0 Å². The van der Waals surface area contributed by atoms with Crippen molar-refractivity contribution in [2.75, 3.05) is 11.9 Å². The van der Waals surface area contributed by atoms with Crippen LogP contribution in [0.15, 0.2) is 65.0 Å². The number of aliphatic imine (C=N–C) groups is 1. The Labute approximate surface area is 193 Å². The maximum atomic E-state index is 12.4. The van der Waals surface area contributed by atoms with Crippen LogP contribution in [0.3, 0.4) is 0 Å². The van der Waals surface area contributed by atoms with Crippen LogP contribution in [0.4, 0.5) is 5.69 Å². The molecule has 0 radical (unpaired) electrons. The predicted octanol–water partition coefficient (Wildman–Crippen LogP) is 1.53. The summed E-state index contributed by atoms with van der Waals surface area (Å²) in [6.45, 7) is 0.849. The Kier molecular flexibility index (Phi) is 6.11. The number of carbonyl (C=O) groups is 2. The summed E-state index contributed by atoms with van der Waals surface area (Å²) >= 11 is 6.02. The number of aromatic nitrogens is 3. The van der Waals surface area contributed by atoms with E-state index in [-0.39, 0.29) is 10.7 Å². The molecule has 1 unspecified atom stereocenters. The third-order valence-electron chi connectivity index (χ3n) is 4.57. The molecule has 1 aromatic heterocycles. The summed E-state index contributed by atoms with van der Waals surface area (Å²) < 4.78 is 33.1. The molecule has 2 heterocycles. The summed E-state index contributed by atoms with van der Waals surface area (Å²) in [4.78, 5) is 32.8. The highest BCUT2D eigenvalue weighted by Crippen LogP contribution is 2.24. The Morgan fingerprint density at radius 3 is 2.82 bits per heavy atom. The number of nitrogens with zero attached hydrogens (tertiary/aromatic N) is 4. The number of anilines is 1. The van der Waals surface area contributed by atoms with Gasteiger partial charge < -0.3 is 10.1 Å². The normalized spacial score (nSPS) is 16.0. The average Bonchev–Trinajstić information content (AvgIpc) is 3.39. The molecule has 4 rings (SSSR count). The van der Waals surface area contributed by atoms with Crippen LogP contribution < -0.4 is 10.0 Å². The van der Waals surface area contributed by atoms with Gasteiger partial charge in [0.1, 0.15) is 24.5 Å². The first-order valence-electron chi connectivity index (χ1n) is 9.55. The molecule has 2 aromatic carbocycles. The summed E-state index contributed by atoms with van der Waals surface area (Å²) in [5.74, 6) is -1.38. The molecule has 0 spiro atoms. The van der Waals surface area contributed by atoms with Crippen molar-refractivity contribution < 1.29 is 22.7 Å². The van der Waals surface area contributed by atoms with Crippen molar-refractivity contribution in [1.82, 2.24) is 19.5 Å². The van der Waals surface area contributed by atoms with Crippen LogP contribution in [-0.2, 0) is 24.3 Å². The van der Waals surface area contributed by atoms with E-state index in [1.807, 2.05) is 0 Å². The number of hydrogen-bond donors (Lipinski definition) is 2. The maximum Gasteiger partial charge on any atom is 0.331 e. The van der Waals surface area contributed by atoms with E-state index in [2.05, 4.69) is 25.1 Å². The molecule has 1 atom stereocenters. The van der Waals surface area contributed by atoms with Gasteiger partial charge >= 0.3 is 5.97 Å². The Morgan fingerprint density at radius 1 is 1.27 bits per heavy atom. The highest BCUT2D eigenvalue weighted by Gasteiger charge is 2.31. The fourth-order valence-corrected chi connectivity index (χ4v) is 4.47. The van der Waals surface area contributed by atoms with Gasteiger partial charge in [-0.1, -0.05) is 23.7 Å². The van der Waals surface area contributed by atoms with Crippen molar-refractivity contribution in [3.63, 3.8) is 0 Å². The molecule has 0 saturated carbocycles. The third-order valence-corrected chi connectivity index (χ3v) is 6.20. The van der Waals surface area contributed by atoms with Gasteiger partial charge in [-0.3, -0.25) is 14.5 Å². The minimum absolute atomic E-state index is 0.0379. The molecule has 170 valence electrons. The summed E-state index contributed by atoms with van der Waals surface area (Å²) in [6, 6.07) is 10.0. The smallest absolute Gasteiger partial charge is 0.331 e. The number of benzene rings is 2. The molecule has 1 amide bonds. The lowest BCUT2D eigenvalue weighted by molar-refractivity contribution is -0.148. The quantitative estimate of drug-likeness (QED) is 0.500. The van der Waals surface area contributed by atoms with Gasteiger partial charge in [0.25, 0.3) is 15.9 Å². The van der Waals surface area contributed by atoms with Gasteiger partial charge in [-0.2, -0.15) is 5.10 Å². The van der Waals surface area contributed by atoms with Crippen LogP contribution in [0.2, 0.25) is 5.02 Å². The van der Waals surface area contributed by atoms with Crippen LogP contribution in [0.1, 0.15) is 12.5 Å². The Morgan fingerprint density at radius 2 is 2.06 bits per heavy atom. The number of halogens is 1. The molecule has 33 heavy (non-hydrogen) atoms. The number of ether oxygens (including phenoxy) is 1. The number of carbonyl (C=O) groups excluding carboxylic acids is 2. The number of amides is 1. The highest BCUT2D eigenvalue weighted by atomic mass is 35.5. The fraction of sp³-hybridized carbons (Fsp3) is 0.150. The predicted molar refractivity (Wildman–Crippen MR) is 119 cm³/mol. The molecule has 3 aromatic rings. The molecule has 11 nitrogen and oxygen atoms in total. The van der Waals surface area contributed by atoms with Crippen molar-refractivity contribution in [3.8, 4) is 5.69 Å². The first kappa shape index (κ1) is 22.4. The van der Waals surface area contributed by atoms with Gasteiger partial charge in [0.05, 0.1) is 16.3 Å². The van der Waals surface area contributed by atoms with E-state index >= 15 is 0 Å². The molecule has 13 heteroatoms. The van der Waals surface area contributed by atoms with Crippen LogP contribution in [0.25, 0.3) is 5.69 Å². The summed E-state index contributed by atoms with van der Waals surface area (Å²) in [7, 11) is -3.73. The molecular weight excluding hydrogens is 472 g/mol. The number of rotatable bonds is 6. The number of nitrogens with one attached hydrogen (secondary N) is 2. The van der Waals surface area contributed by atoms with Crippen LogP contribution in [0, 0.1) is 0 Å². The third kappa shape index (κ3) is 4.86. The van der Waals surface area contributed by atoms with E-state index in [9.17, 15) is 18.0 Å². The maximum absolute atomic E-state index is 12.4. The zero-order valence-electron chi connectivity index (χ0n) is 17.1. The van der Waals surface area contributed by atoms with E-state index < -0.39 is 34.5 Å². The highest BCUT2D eigenvalue weighted by molar-refractivity contribution is 7.90. The molecule has 1 aliphatic rings. The first-order valence-corrected chi connectivity index (χ1v) is 11.4. The SMILES string of the molecule is CC(N=C1NS(=O)(=O)c2ccccc21)C(=O)OCC(=O)Nc1cc(Cl)ccc1-n1cncn1. The van der Waals surface area contributed by atoms with Crippen LogP contribution in [-0.4, -0.2) is 53.5 Å². The van der Waals surface area contributed by atoms with E-state index in [1.54, 1.807) is 30.3 Å². The van der Waals surface area contributed by atoms with Crippen molar-refractivity contribution >= 4 is 45.0 Å². The van der Waals surface area contributed by atoms with Gasteiger partial charge in [0.15, 0.2) is 6.61 Å². The number of sulfonamides is 1. The van der Waals surface area contributed by atoms with E-state index in [4.69, 9.17) is 16.3 Å². The van der Waals surface area contributed by atoms with Gasteiger partial charge in [0, 0.05) is 10.6 Å². The Hall–Kier alpha value is -3.77. The number of hydrogen-bond acceptors (Lipinski definition) is 8. The number of fused-ring (bicyclic) bond motifs is 1. The molecule has 0 saturated heterocycles. The van der Waals surface area contributed by atoms with Crippen molar-refractivity contribution in [3.05, 3.63) is 65.7 Å². The van der Waals surface area contributed by atoms with Crippen LogP contribution >= 0.6 is 11.6 Å². The number of esters is 1. The second kappa shape index (κ2) is 9.00. The summed E-state index contributed by atoms with van der Waals surface area (Å²) in [6.07, 6.45) is 2.79. The average molecular weight is 489 g/mol. The summed E-state index contributed by atoms with van der Waals surface area (Å²) in [5.41, 5.74) is 1.22. The second-order valence-corrected chi connectivity index (χ2v) is 9.00. The largest absolute Gasteiger partial charge is 0.454 e. The topological polar surface area (TPSA) is 145 Å². The molecule has 2 N–H and O–H groups in total. The zero-order chi connectivity index (χ0) is 23.6. The van der Waals surface area contributed by atoms with Gasteiger partial charge in [-0.25, -0.2) is 22.9 Å². The molecule has 0 fully saturated rings.